The molecule has 0 bridgehead atoms. The lowest BCUT2D eigenvalue weighted by Gasteiger charge is -2.12. The number of amides is 1. The predicted octanol–water partition coefficient (Wildman–Crippen LogP) is 4.81. The lowest BCUT2D eigenvalue weighted by molar-refractivity contribution is -0.117. The molecule has 0 saturated heterocycles. The van der Waals surface area contributed by atoms with Gasteiger partial charge in [0.15, 0.2) is 0 Å². The van der Waals surface area contributed by atoms with Crippen molar-refractivity contribution in [3.63, 3.8) is 0 Å². The predicted molar refractivity (Wildman–Crippen MR) is 103 cm³/mol. The van der Waals surface area contributed by atoms with Crippen molar-refractivity contribution in [1.82, 2.24) is 5.32 Å². The van der Waals surface area contributed by atoms with E-state index in [0.717, 1.165) is 33.5 Å². The third-order valence-corrected chi connectivity index (χ3v) is 4.46. The van der Waals surface area contributed by atoms with Gasteiger partial charge in [0.1, 0.15) is 11.6 Å². The molecule has 0 fully saturated rings. The summed E-state index contributed by atoms with van der Waals surface area (Å²) >= 11 is 0. The summed E-state index contributed by atoms with van der Waals surface area (Å²) in [5.74, 6) is -0.325. The van der Waals surface area contributed by atoms with Crippen LogP contribution in [0.1, 0.15) is 25.8 Å². The van der Waals surface area contributed by atoms with Crippen LogP contribution in [-0.4, -0.2) is 11.9 Å². The molecule has 124 valence electrons. The first-order chi connectivity index (χ1) is 12.1. The van der Waals surface area contributed by atoms with E-state index in [1.165, 1.54) is 0 Å². The normalized spacial score (nSPS) is 12.8. The van der Waals surface area contributed by atoms with Gasteiger partial charge in [-0.05, 0) is 52.6 Å². The van der Waals surface area contributed by atoms with Gasteiger partial charge in [0, 0.05) is 6.04 Å². The summed E-state index contributed by atoms with van der Waals surface area (Å²) in [5.41, 5.74) is 1.03. The standard InChI is InChI=1S/C22H20N2O/c1-3-15(2)24-22(25)18(14-23)13-21-19-10-6-4-8-16(19)12-17-9-5-7-11-20(17)21/h4-13,15H,3H2,1-2H3,(H,24,25)/b18-13+/t15-/m1/s1. The van der Waals surface area contributed by atoms with Crippen molar-refractivity contribution in [2.24, 2.45) is 0 Å². The van der Waals surface area contributed by atoms with Gasteiger partial charge in [0.05, 0.1) is 0 Å². The molecule has 0 aliphatic rings. The first kappa shape index (κ1) is 16.7. The van der Waals surface area contributed by atoms with Crippen molar-refractivity contribution < 1.29 is 4.79 Å². The van der Waals surface area contributed by atoms with E-state index in [4.69, 9.17) is 0 Å². The number of fused-ring (bicyclic) bond motifs is 2. The highest BCUT2D eigenvalue weighted by atomic mass is 16.1. The number of nitrogens with one attached hydrogen (secondary N) is 1. The zero-order chi connectivity index (χ0) is 17.8. The van der Waals surface area contributed by atoms with E-state index >= 15 is 0 Å². The Kier molecular flexibility index (Phi) is 4.81. The SMILES string of the molecule is CC[C@@H](C)NC(=O)/C(C#N)=C/c1c2ccccc2cc2ccccc12. The summed E-state index contributed by atoms with van der Waals surface area (Å²) < 4.78 is 0. The summed E-state index contributed by atoms with van der Waals surface area (Å²) in [6.07, 6.45) is 2.53. The zero-order valence-corrected chi connectivity index (χ0v) is 14.4. The summed E-state index contributed by atoms with van der Waals surface area (Å²) in [6, 6.07) is 20.3. The molecule has 0 spiro atoms. The van der Waals surface area contributed by atoms with Gasteiger partial charge in [-0.1, -0.05) is 55.5 Å². The second kappa shape index (κ2) is 7.19. The average Bonchev–Trinajstić information content (AvgIpc) is 2.64. The molecule has 0 aliphatic heterocycles. The molecule has 3 nitrogen and oxygen atoms in total. The number of nitriles is 1. The Morgan fingerprint density at radius 1 is 1.12 bits per heavy atom. The maximum atomic E-state index is 12.4. The molecule has 3 aromatic rings. The van der Waals surface area contributed by atoms with Crippen molar-refractivity contribution in [2.45, 2.75) is 26.3 Å². The van der Waals surface area contributed by atoms with Gasteiger partial charge in [0.25, 0.3) is 5.91 Å². The fourth-order valence-corrected chi connectivity index (χ4v) is 2.90. The Morgan fingerprint density at radius 2 is 1.68 bits per heavy atom. The zero-order valence-electron chi connectivity index (χ0n) is 14.4. The number of carbonyl (C=O) groups excluding carboxylic acids is 1. The van der Waals surface area contributed by atoms with Crippen LogP contribution >= 0.6 is 0 Å². The lowest BCUT2D eigenvalue weighted by atomic mass is 9.95. The molecular weight excluding hydrogens is 308 g/mol. The molecular formula is C22H20N2O. The van der Waals surface area contributed by atoms with E-state index in [1.807, 2.05) is 62.4 Å². The van der Waals surface area contributed by atoms with Gasteiger partial charge in [-0.25, -0.2) is 0 Å². The summed E-state index contributed by atoms with van der Waals surface area (Å²) in [7, 11) is 0. The third-order valence-electron chi connectivity index (χ3n) is 4.46. The van der Waals surface area contributed by atoms with Crippen molar-refractivity contribution in [1.29, 1.82) is 5.26 Å². The van der Waals surface area contributed by atoms with Crippen LogP contribution in [0.15, 0.2) is 60.2 Å². The maximum absolute atomic E-state index is 12.4. The maximum Gasteiger partial charge on any atom is 0.262 e. The van der Waals surface area contributed by atoms with Crippen molar-refractivity contribution >= 4 is 33.5 Å². The minimum Gasteiger partial charge on any atom is -0.349 e. The van der Waals surface area contributed by atoms with Gasteiger partial charge in [-0.2, -0.15) is 5.26 Å². The van der Waals surface area contributed by atoms with Gasteiger partial charge in [0.2, 0.25) is 0 Å². The summed E-state index contributed by atoms with van der Waals surface area (Å²) in [6.45, 7) is 3.93. The van der Waals surface area contributed by atoms with Gasteiger partial charge in [-0.3, -0.25) is 4.79 Å². The first-order valence-electron chi connectivity index (χ1n) is 8.47. The van der Waals surface area contributed by atoms with Crippen LogP contribution in [-0.2, 0) is 4.79 Å². The molecule has 3 rings (SSSR count). The number of nitrogens with zero attached hydrogens (tertiary/aromatic N) is 1. The molecule has 0 aliphatic carbocycles. The second-order valence-corrected chi connectivity index (χ2v) is 6.19. The molecule has 3 aromatic carbocycles. The lowest BCUT2D eigenvalue weighted by Crippen LogP contribution is -2.32. The first-order valence-corrected chi connectivity index (χ1v) is 8.47. The largest absolute Gasteiger partial charge is 0.349 e. The number of carbonyl (C=O) groups is 1. The summed E-state index contributed by atoms with van der Waals surface area (Å²) in [4.78, 5) is 12.4. The number of hydrogen-bond donors (Lipinski definition) is 1. The fraction of sp³-hybridized carbons (Fsp3) is 0.182. The van der Waals surface area contributed by atoms with Crippen LogP contribution in [0.25, 0.3) is 27.6 Å². The highest BCUT2D eigenvalue weighted by molar-refractivity contribution is 6.11. The molecule has 3 heteroatoms. The van der Waals surface area contributed by atoms with Crippen LogP contribution in [0.4, 0.5) is 0 Å². The minimum absolute atomic E-state index is 0.0357. The van der Waals surface area contributed by atoms with Crippen LogP contribution in [0, 0.1) is 11.3 Å². The Balaban J connectivity index is 2.21. The Labute approximate surface area is 147 Å². The number of rotatable bonds is 4. The topological polar surface area (TPSA) is 52.9 Å². The van der Waals surface area contributed by atoms with Crippen molar-refractivity contribution in [3.8, 4) is 6.07 Å². The smallest absolute Gasteiger partial charge is 0.262 e. The highest BCUT2D eigenvalue weighted by Gasteiger charge is 2.13. The fourth-order valence-electron chi connectivity index (χ4n) is 2.90. The van der Waals surface area contributed by atoms with E-state index in [1.54, 1.807) is 6.08 Å². The Morgan fingerprint density at radius 3 is 2.20 bits per heavy atom. The van der Waals surface area contributed by atoms with Crippen LogP contribution in [0.3, 0.4) is 0 Å². The van der Waals surface area contributed by atoms with Crippen molar-refractivity contribution in [2.75, 3.05) is 0 Å². The van der Waals surface area contributed by atoms with E-state index in [-0.39, 0.29) is 17.5 Å². The van der Waals surface area contributed by atoms with E-state index < -0.39 is 0 Å². The van der Waals surface area contributed by atoms with Crippen LogP contribution in [0.5, 0.6) is 0 Å². The average molecular weight is 328 g/mol. The van der Waals surface area contributed by atoms with E-state index in [0.29, 0.717) is 0 Å². The quantitative estimate of drug-likeness (QED) is 0.424. The highest BCUT2D eigenvalue weighted by Crippen LogP contribution is 2.30. The van der Waals surface area contributed by atoms with Crippen molar-refractivity contribution in [3.05, 3.63) is 65.7 Å². The Hall–Kier alpha value is -3.12. The number of benzene rings is 3. The van der Waals surface area contributed by atoms with Crippen LogP contribution in [0.2, 0.25) is 0 Å². The van der Waals surface area contributed by atoms with Crippen LogP contribution < -0.4 is 5.32 Å². The molecule has 1 N–H and O–H groups in total. The third kappa shape index (κ3) is 3.39. The Bertz CT molecular complexity index is 957. The number of hydrogen-bond acceptors (Lipinski definition) is 2. The molecule has 0 heterocycles. The molecule has 0 aromatic heterocycles. The minimum atomic E-state index is -0.325. The molecule has 1 amide bonds. The molecule has 0 radical (unpaired) electrons. The molecule has 0 unspecified atom stereocenters. The van der Waals surface area contributed by atoms with Gasteiger partial charge < -0.3 is 5.32 Å². The van der Waals surface area contributed by atoms with Gasteiger partial charge >= 0.3 is 0 Å². The summed E-state index contributed by atoms with van der Waals surface area (Å²) in [5, 5.41) is 16.6. The second-order valence-electron chi connectivity index (χ2n) is 6.19. The van der Waals surface area contributed by atoms with E-state index in [2.05, 4.69) is 17.5 Å². The molecule has 25 heavy (non-hydrogen) atoms. The molecule has 0 saturated carbocycles. The monoisotopic (exact) mass is 328 g/mol. The molecule has 1 atom stereocenters. The van der Waals surface area contributed by atoms with E-state index in [9.17, 15) is 10.1 Å². The van der Waals surface area contributed by atoms with Gasteiger partial charge in [-0.15, -0.1) is 0 Å².